The molecule has 0 fully saturated rings. The van der Waals surface area contributed by atoms with E-state index >= 15 is 0 Å². The lowest BCUT2D eigenvalue weighted by Crippen LogP contribution is -2.09. The summed E-state index contributed by atoms with van der Waals surface area (Å²) in [7, 11) is 0. The van der Waals surface area contributed by atoms with E-state index in [4.69, 9.17) is 5.73 Å². The quantitative estimate of drug-likeness (QED) is 0.472. The van der Waals surface area contributed by atoms with Crippen molar-refractivity contribution in [1.29, 1.82) is 0 Å². The number of rotatable bonds is 12. The van der Waals surface area contributed by atoms with Gasteiger partial charge < -0.3 is 5.73 Å². The molecule has 0 aliphatic rings. The highest BCUT2D eigenvalue weighted by atomic mass is 14.5. The zero-order valence-corrected chi connectivity index (χ0v) is 11.6. The summed E-state index contributed by atoms with van der Waals surface area (Å²) in [5.74, 6) is 0.915. The molecule has 0 bridgehead atoms. The average Bonchev–Trinajstić information content (AvgIpc) is 2.30. The fraction of sp³-hybridized carbons (Fsp3) is 1.00. The standard InChI is InChI=1S/C15H33N/c1-3-5-7-9-11-15(13-14-16)12-10-8-6-4-2/h15H,3-14,16H2,1-2H3. The molecule has 0 saturated carbocycles. The summed E-state index contributed by atoms with van der Waals surface area (Å²) < 4.78 is 0. The van der Waals surface area contributed by atoms with Crippen LogP contribution in [0.3, 0.4) is 0 Å². The summed E-state index contributed by atoms with van der Waals surface area (Å²) in [6.07, 6.45) is 15.3. The molecule has 0 spiro atoms. The topological polar surface area (TPSA) is 26.0 Å². The van der Waals surface area contributed by atoms with Crippen molar-refractivity contribution in [1.82, 2.24) is 0 Å². The van der Waals surface area contributed by atoms with E-state index in [1.54, 1.807) is 0 Å². The first kappa shape index (κ1) is 16.0. The van der Waals surface area contributed by atoms with Crippen molar-refractivity contribution in [3.05, 3.63) is 0 Å². The summed E-state index contributed by atoms with van der Waals surface area (Å²) in [5.41, 5.74) is 5.69. The Hall–Kier alpha value is -0.0400. The van der Waals surface area contributed by atoms with Crippen molar-refractivity contribution >= 4 is 0 Å². The minimum absolute atomic E-state index is 0.881. The highest BCUT2D eigenvalue weighted by molar-refractivity contribution is 4.61. The van der Waals surface area contributed by atoms with Gasteiger partial charge in [-0.3, -0.25) is 0 Å². The number of hydrogen-bond donors (Lipinski definition) is 1. The zero-order chi connectivity index (χ0) is 12.1. The molecule has 0 amide bonds. The number of nitrogens with two attached hydrogens (primary N) is 1. The predicted octanol–water partition coefficient (Wildman–Crippen LogP) is 4.89. The Labute approximate surface area is 103 Å². The Balaban J connectivity index is 3.45. The van der Waals surface area contributed by atoms with E-state index in [1.165, 1.54) is 70.6 Å². The second kappa shape index (κ2) is 13.0. The van der Waals surface area contributed by atoms with E-state index in [0.717, 1.165) is 12.5 Å². The van der Waals surface area contributed by atoms with E-state index in [0.29, 0.717) is 0 Å². The third-order valence-corrected chi connectivity index (χ3v) is 3.51. The highest BCUT2D eigenvalue weighted by Gasteiger charge is 2.07. The van der Waals surface area contributed by atoms with Gasteiger partial charge in [0.2, 0.25) is 0 Å². The lowest BCUT2D eigenvalue weighted by atomic mass is 9.92. The van der Waals surface area contributed by atoms with Crippen molar-refractivity contribution < 1.29 is 0 Å². The predicted molar refractivity (Wildman–Crippen MR) is 74.7 cm³/mol. The monoisotopic (exact) mass is 227 g/mol. The molecule has 0 aromatic rings. The van der Waals surface area contributed by atoms with Crippen molar-refractivity contribution in [3.63, 3.8) is 0 Å². The van der Waals surface area contributed by atoms with Gasteiger partial charge in [-0.2, -0.15) is 0 Å². The largest absolute Gasteiger partial charge is 0.330 e. The molecule has 1 nitrogen and oxygen atoms in total. The molecule has 0 atom stereocenters. The third kappa shape index (κ3) is 10.5. The summed E-state index contributed by atoms with van der Waals surface area (Å²) in [4.78, 5) is 0. The zero-order valence-electron chi connectivity index (χ0n) is 11.6. The molecule has 0 heterocycles. The Morgan fingerprint density at radius 2 is 1.19 bits per heavy atom. The Morgan fingerprint density at radius 3 is 1.56 bits per heavy atom. The molecule has 0 aromatic heterocycles. The van der Waals surface area contributed by atoms with Crippen molar-refractivity contribution in [2.24, 2.45) is 11.7 Å². The average molecular weight is 227 g/mol. The number of hydrogen-bond acceptors (Lipinski definition) is 1. The third-order valence-electron chi connectivity index (χ3n) is 3.51. The summed E-state index contributed by atoms with van der Waals surface area (Å²) >= 11 is 0. The molecule has 98 valence electrons. The first-order valence-corrected chi connectivity index (χ1v) is 7.55. The molecule has 0 aromatic carbocycles. The van der Waals surface area contributed by atoms with Gasteiger partial charge in [-0.1, -0.05) is 78.1 Å². The van der Waals surface area contributed by atoms with Crippen LogP contribution < -0.4 is 5.73 Å². The van der Waals surface area contributed by atoms with Crippen LogP contribution in [-0.4, -0.2) is 6.54 Å². The lowest BCUT2D eigenvalue weighted by molar-refractivity contribution is 0.387. The van der Waals surface area contributed by atoms with E-state index in [2.05, 4.69) is 13.8 Å². The van der Waals surface area contributed by atoms with E-state index in [1.807, 2.05) is 0 Å². The first-order chi connectivity index (χ1) is 7.85. The first-order valence-electron chi connectivity index (χ1n) is 7.55. The maximum Gasteiger partial charge on any atom is -0.00746 e. The smallest absolute Gasteiger partial charge is 0.00746 e. The van der Waals surface area contributed by atoms with Crippen molar-refractivity contribution in [2.75, 3.05) is 6.54 Å². The minimum Gasteiger partial charge on any atom is -0.330 e. The van der Waals surface area contributed by atoms with Crippen LogP contribution in [0.2, 0.25) is 0 Å². The van der Waals surface area contributed by atoms with Gasteiger partial charge in [-0.05, 0) is 18.9 Å². The minimum atomic E-state index is 0.881. The molecular weight excluding hydrogens is 194 g/mol. The van der Waals surface area contributed by atoms with Gasteiger partial charge in [0.1, 0.15) is 0 Å². The Kier molecular flexibility index (Phi) is 13.0. The fourth-order valence-electron chi connectivity index (χ4n) is 2.39. The molecule has 0 aliphatic heterocycles. The van der Waals surface area contributed by atoms with Crippen molar-refractivity contribution in [3.8, 4) is 0 Å². The molecule has 16 heavy (non-hydrogen) atoms. The SMILES string of the molecule is CCCCCCC(CCN)CCCCCC. The molecular formula is C15H33N. The Bertz CT molecular complexity index is 111. The molecule has 0 aliphatic carbocycles. The summed E-state index contributed by atoms with van der Waals surface area (Å²) in [6.45, 7) is 5.44. The van der Waals surface area contributed by atoms with Crippen LogP contribution in [-0.2, 0) is 0 Å². The van der Waals surface area contributed by atoms with Gasteiger partial charge >= 0.3 is 0 Å². The van der Waals surface area contributed by atoms with Crippen LogP contribution in [0.5, 0.6) is 0 Å². The van der Waals surface area contributed by atoms with E-state index in [9.17, 15) is 0 Å². The van der Waals surface area contributed by atoms with E-state index in [-0.39, 0.29) is 0 Å². The van der Waals surface area contributed by atoms with Crippen LogP contribution in [0.1, 0.15) is 84.5 Å². The van der Waals surface area contributed by atoms with Gasteiger partial charge in [0.25, 0.3) is 0 Å². The second-order valence-electron chi connectivity index (χ2n) is 5.14. The molecule has 0 saturated heterocycles. The lowest BCUT2D eigenvalue weighted by Gasteiger charge is -2.15. The van der Waals surface area contributed by atoms with Crippen LogP contribution in [0.4, 0.5) is 0 Å². The van der Waals surface area contributed by atoms with Gasteiger partial charge in [-0.25, -0.2) is 0 Å². The number of unbranched alkanes of at least 4 members (excludes halogenated alkanes) is 6. The summed E-state index contributed by atoms with van der Waals surface area (Å²) in [6, 6.07) is 0. The van der Waals surface area contributed by atoms with Gasteiger partial charge in [0, 0.05) is 0 Å². The van der Waals surface area contributed by atoms with Gasteiger partial charge in [0.15, 0.2) is 0 Å². The van der Waals surface area contributed by atoms with Gasteiger partial charge in [0.05, 0.1) is 0 Å². The summed E-state index contributed by atoms with van der Waals surface area (Å²) in [5, 5.41) is 0. The molecule has 0 rings (SSSR count). The van der Waals surface area contributed by atoms with Crippen LogP contribution in [0.15, 0.2) is 0 Å². The maximum atomic E-state index is 5.69. The van der Waals surface area contributed by atoms with Crippen molar-refractivity contribution in [2.45, 2.75) is 84.5 Å². The normalized spacial score (nSPS) is 11.2. The Morgan fingerprint density at radius 1 is 0.688 bits per heavy atom. The molecule has 2 N–H and O–H groups in total. The molecule has 0 unspecified atom stereocenters. The van der Waals surface area contributed by atoms with Crippen LogP contribution in [0, 0.1) is 5.92 Å². The maximum absolute atomic E-state index is 5.69. The molecule has 0 radical (unpaired) electrons. The van der Waals surface area contributed by atoms with E-state index < -0.39 is 0 Å². The van der Waals surface area contributed by atoms with Gasteiger partial charge in [-0.15, -0.1) is 0 Å². The highest BCUT2D eigenvalue weighted by Crippen LogP contribution is 2.20. The van der Waals surface area contributed by atoms with Crippen LogP contribution >= 0.6 is 0 Å². The molecule has 1 heteroatoms. The van der Waals surface area contributed by atoms with Crippen LogP contribution in [0.25, 0.3) is 0 Å². The second-order valence-corrected chi connectivity index (χ2v) is 5.14. The fourth-order valence-corrected chi connectivity index (χ4v) is 2.39.